The lowest BCUT2D eigenvalue weighted by Crippen LogP contribution is -2.05. The molecule has 0 atom stereocenters. The zero-order valence-corrected chi connectivity index (χ0v) is 17.3. The summed E-state index contributed by atoms with van der Waals surface area (Å²) in [5.41, 5.74) is 1.80. The second kappa shape index (κ2) is 8.79. The minimum atomic E-state index is -0.286. The molecule has 0 spiro atoms. The third-order valence-electron chi connectivity index (χ3n) is 4.92. The summed E-state index contributed by atoms with van der Waals surface area (Å²) < 4.78 is 16.9. The van der Waals surface area contributed by atoms with Crippen LogP contribution < -0.4 is 14.2 Å². The fourth-order valence-corrected chi connectivity index (χ4v) is 3.28. The number of methoxy groups -OCH3 is 1. The molecular formula is C26H22O5. The van der Waals surface area contributed by atoms with Crippen LogP contribution in [0.2, 0.25) is 0 Å². The molecule has 31 heavy (non-hydrogen) atoms. The Labute approximate surface area is 180 Å². The van der Waals surface area contributed by atoms with E-state index in [4.69, 9.17) is 14.2 Å². The molecule has 5 heteroatoms. The van der Waals surface area contributed by atoms with Gasteiger partial charge in [0.15, 0.2) is 0 Å². The zero-order chi connectivity index (χ0) is 21.8. The summed E-state index contributed by atoms with van der Waals surface area (Å²) in [6.07, 6.45) is 0.313. The van der Waals surface area contributed by atoms with Crippen LogP contribution in [0.5, 0.6) is 28.7 Å². The van der Waals surface area contributed by atoms with Crippen molar-refractivity contribution in [1.29, 1.82) is 0 Å². The van der Waals surface area contributed by atoms with Gasteiger partial charge in [-0.15, -0.1) is 0 Å². The summed E-state index contributed by atoms with van der Waals surface area (Å²) in [5.74, 6) is 2.45. The van der Waals surface area contributed by atoms with Crippen molar-refractivity contribution in [3.05, 3.63) is 78.9 Å². The summed E-state index contributed by atoms with van der Waals surface area (Å²) in [5, 5.41) is 11.6. The standard InChI is InChI=1S/C26H22O5/c1-3-25(28)30-20-9-11-21(12-10-20)31-26-23(17-4-7-19(27)8-5-17)14-6-18-16-22(29-2)13-15-24(18)26/h4-16,27H,3H2,1-2H3. The number of fused-ring (bicyclic) bond motifs is 1. The van der Waals surface area contributed by atoms with Crippen LogP contribution in [-0.2, 0) is 4.79 Å². The van der Waals surface area contributed by atoms with Crippen LogP contribution in [0.15, 0.2) is 78.9 Å². The zero-order valence-electron chi connectivity index (χ0n) is 17.3. The van der Waals surface area contributed by atoms with Crippen LogP contribution in [0.1, 0.15) is 13.3 Å². The second-order valence-electron chi connectivity index (χ2n) is 6.98. The Morgan fingerprint density at radius 2 is 1.52 bits per heavy atom. The van der Waals surface area contributed by atoms with Gasteiger partial charge in [-0.05, 0) is 71.6 Å². The first kappa shape index (κ1) is 20.3. The van der Waals surface area contributed by atoms with Crippen molar-refractivity contribution in [3.63, 3.8) is 0 Å². The molecule has 0 aromatic heterocycles. The van der Waals surface area contributed by atoms with Gasteiger partial charge in [-0.3, -0.25) is 4.79 Å². The molecule has 0 amide bonds. The Morgan fingerprint density at radius 3 is 2.19 bits per heavy atom. The highest BCUT2D eigenvalue weighted by atomic mass is 16.5. The minimum Gasteiger partial charge on any atom is -0.508 e. The number of hydrogen-bond acceptors (Lipinski definition) is 5. The van der Waals surface area contributed by atoms with Crippen LogP contribution in [0.25, 0.3) is 21.9 Å². The molecule has 0 radical (unpaired) electrons. The monoisotopic (exact) mass is 414 g/mol. The molecule has 4 rings (SSSR count). The predicted molar refractivity (Wildman–Crippen MR) is 120 cm³/mol. The summed E-state index contributed by atoms with van der Waals surface area (Å²) in [4.78, 5) is 11.5. The maximum atomic E-state index is 11.5. The van der Waals surface area contributed by atoms with Crippen LogP contribution in [-0.4, -0.2) is 18.2 Å². The van der Waals surface area contributed by atoms with Crippen LogP contribution in [0.3, 0.4) is 0 Å². The Morgan fingerprint density at radius 1 is 0.839 bits per heavy atom. The second-order valence-corrected chi connectivity index (χ2v) is 6.98. The van der Waals surface area contributed by atoms with Crippen molar-refractivity contribution < 1.29 is 24.1 Å². The fraction of sp³-hybridized carbons (Fsp3) is 0.115. The number of esters is 1. The smallest absolute Gasteiger partial charge is 0.310 e. The van der Waals surface area contributed by atoms with Gasteiger partial charge in [0.25, 0.3) is 0 Å². The lowest BCUT2D eigenvalue weighted by molar-refractivity contribution is -0.134. The molecule has 0 fully saturated rings. The van der Waals surface area contributed by atoms with E-state index in [1.165, 1.54) is 0 Å². The Kier molecular flexibility index (Phi) is 5.76. The van der Waals surface area contributed by atoms with Crippen LogP contribution >= 0.6 is 0 Å². The lowest BCUT2D eigenvalue weighted by atomic mass is 9.99. The van der Waals surface area contributed by atoms with E-state index >= 15 is 0 Å². The van der Waals surface area contributed by atoms with E-state index in [0.29, 0.717) is 23.7 Å². The van der Waals surface area contributed by atoms with Crippen LogP contribution in [0.4, 0.5) is 0 Å². The number of phenols is 1. The molecule has 0 bridgehead atoms. The Balaban J connectivity index is 1.77. The van der Waals surface area contributed by atoms with E-state index in [1.807, 2.05) is 42.5 Å². The van der Waals surface area contributed by atoms with E-state index < -0.39 is 0 Å². The highest BCUT2D eigenvalue weighted by Gasteiger charge is 2.14. The number of carbonyl (C=O) groups excluding carboxylic acids is 1. The molecule has 1 N–H and O–H groups in total. The van der Waals surface area contributed by atoms with Gasteiger partial charge in [0.05, 0.1) is 7.11 Å². The Bertz CT molecular complexity index is 1210. The molecule has 0 aliphatic heterocycles. The third-order valence-corrected chi connectivity index (χ3v) is 4.92. The number of phenolic OH excluding ortho intramolecular Hbond substituents is 1. The number of aromatic hydroxyl groups is 1. The van der Waals surface area contributed by atoms with Gasteiger partial charge in [0, 0.05) is 17.4 Å². The molecule has 156 valence electrons. The minimum absolute atomic E-state index is 0.203. The first-order valence-corrected chi connectivity index (χ1v) is 9.96. The normalized spacial score (nSPS) is 10.6. The van der Waals surface area contributed by atoms with Crippen molar-refractivity contribution in [2.45, 2.75) is 13.3 Å². The van der Waals surface area contributed by atoms with Gasteiger partial charge in [-0.25, -0.2) is 0 Å². The quantitative estimate of drug-likeness (QED) is 0.295. The van der Waals surface area contributed by atoms with Gasteiger partial charge in [0.1, 0.15) is 28.7 Å². The predicted octanol–water partition coefficient (Wildman–Crippen LogP) is 6.33. The average Bonchev–Trinajstić information content (AvgIpc) is 2.80. The Hall–Kier alpha value is -3.99. The third kappa shape index (κ3) is 4.46. The van der Waals surface area contributed by atoms with E-state index in [1.54, 1.807) is 50.4 Å². The summed E-state index contributed by atoms with van der Waals surface area (Å²) in [6.45, 7) is 1.75. The fourth-order valence-electron chi connectivity index (χ4n) is 3.28. The van der Waals surface area contributed by atoms with Gasteiger partial charge in [0.2, 0.25) is 0 Å². The highest BCUT2D eigenvalue weighted by molar-refractivity contribution is 5.96. The van der Waals surface area contributed by atoms with Crippen LogP contribution in [0, 0.1) is 0 Å². The van der Waals surface area contributed by atoms with Crippen molar-refractivity contribution in [1.82, 2.24) is 0 Å². The topological polar surface area (TPSA) is 65.0 Å². The molecule has 5 nitrogen and oxygen atoms in total. The molecule has 0 saturated carbocycles. The maximum Gasteiger partial charge on any atom is 0.310 e. The van der Waals surface area contributed by atoms with Crippen molar-refractivity contribution in [2.75, 3.05) is 7.11 Å². The van der Waals surface area contributed by atoms with Crippen molar-refractivity contribution in [2.24, 2.45) is 0 Å². The maximum absolute atomic E-state index is 11.5. The SMILES string of the molecule is CCC(=O)Oc1ccc(Oc2c(-c3ccc(O)cc3)ccc3cc(OC)ccc23)cc1. The number of benzene rings is 4. The molecule has 0 heterocycles. The molecule has 0 aliphatic rings. The van der Waals surface area contributed by atoms with E-state index in [-0.39, 0.29) is 11.7 Å². The van der Waals surface area contributed by atoms with E-state index in [2.05, 4.69) is 0 Å². The van der Waals surface area contributed by atoms with Gasteiger partial charge < -0.3 is 19.3 Å². The molecule has 4 aromatic rings. The number of ether oxygens (including phenoxy) is 3. The summed E-state index contributed by atoms with van der Waals surface area (Å²) in [7, 11) is 1.64. The largest absolute Gasteiger partial charge is 0.508 e. The lowest BCUT2D eigenvalue weighted by Gasteiger charge is -2.16. The van der Waals surface area contributed by atoms with Gasteiger partial charge in [-0.2, -0.15) is 0 Å². The van der Waals surface area contributed by atoms with E-state index in [0.717, 1.165) is 27.6 Å². The number of hydrogen-bond donors (Lipinski definition) is 1. The molecule has 4 aromatic carbocycles. The highest BCUT2D eigenvalue weighted by Crippen LogP contribution is 2.41. The van der Waals surface area contributed by atoms with Crippen molar-refractivity contribution >= 4 is 16.7 Å². The number of rotatable bonds is 6. The molecular weight excluding hydrogens is 392 g/mol. The van der Waals surface area contributed by atoms with Gasteiger partial charge >= 0.3 is 5.97 Å². The first-order valence-electron chi connectivity index (χ1n) is 9.96. The van der Waals surface area contributed by atoms with Gasteiger partial charge in [-0.1, -0.05) is 25.1 Å². The van der Waals surface area contributed by atoms with E-state index in [9.17, 15) is 9.90 Å². The first-order chi connectivity index (χ1) is 15.1. The summed E-state index contributed by atoms with van der Waals surface area (Å²) >= 11 is 0. The molecule has 0 aliphatic carbocycles. The molecule has 0 unspecified atom stereocenters. The molecule has 0 saturated heterocycles. The van der Waals surface area contributed by atoms with Crippen molar-refractivity contribution in [3.8, 4) is 39.9 Å². The number of carbonyl (C=O) groups is 1. The summed E-state index contributed by atoms with van der Waals surface area (Å²) in [6, 6.07) is 23.7. The average molecular weight is 414 g/mol.